The first-order valence-electron chi connectivity index (χ1n) is 4.01. The minimum absolute atomic E-state index is 0. The van der Waals surface area contributed by atoms with E-state index < -0.39 is 35.3 Å². The molecule has 0 unspecified atom stereocenters. The van der Waals surface area contributed by atoms with Crippen molar-refractivity contribution in [2.75, 3.05) is 0 Å². The van der Waals surface area contributed by atoms with Crippen molar-refractivity contribution in [3.63, 3.8) is 0 Å². The Morgan fingerprint density at radius 1 is 0.452 bits per heavy atom. The van der Waals surface area contributed by atoms with Gasteiger partial charge in [0, 0.05) is 5.97 Å². The van der Waals surface area contributed by atoms with Gasteiger partial charge in [0.05, 0.1) is 0 Å². The van der Waals surface area contributed by atoms with Crippen molar-refractivity contribution < 1.29 is 155 Å². The van der Waals surface area contributed by atoms with E-state index in [2.05, 4.69) is 0 Å². The Labute approximate surface area is 197 Å². The Balaban J connectivity index is -0.00000000595. The second-order valence-electron chi connectivity index (χ2n) is 1.88. The van der Waals surface area contributed by atoms with Gasteiger partial charge in [-0.1, -0.05) is 0 Å². The van der Waals surface area contributed by atoms with Crippen molar-refractivity contribution in [3.8, 4) is 0 Å². The number of carbonyl (C=O) groups is 1. The molecule has 0 aliphatic heterocycles. The molecule has 0 aliphatic rings. The van der Waals surface area contributed by atoms with E-state index >= 15 is 0 Å². The van der Waals surface area contributed by atoms with Gasteiger partial charge in [0.1, 0.15) is 0 Å². The van der Waals surface area contributed by atoms with Crippen LogP contribution >= 0.6 is 0 Å². The molecule has 0 rings (SSSR count). The number of aliphatic carboxylic acids is 1. The van der Waals surface area contributed by atoms with E-state index in [0.29, 0.717) is 0 Å². The Morgan fingerprint density at radius 2 is 0.452 bits per heavy atom. The van der Waals surface area contributed by atoms with E-state index in [0.717, 1.165) is 6.92 Å². The molecular weight excluding hydrogens is 474 g/mol. The molecule has 0 saturated heterocycles. The molecule has 0 atom stereocenters. The van der Waals surface area contributed by atoms with Gasteiger partial charge in [-0.3, -0.25) is 0 Å². The predicted molar refractivity (Wildman–Crippen MR) is 96.5 cm³/mol. The van der Waals surface area contributed by atoms with Crippen LogP contribution in [0.4, 0.5) is 0 Å². The first-order chi connectivity index (χ1) is 8.66. The van der Waals surface area contributed by atoms with Crippen LogP contribution in [-0.2, 0) is 4.79 Å². The van der Waals surface area contributed by atoms with E-state index in [1.54, 1.807) is 0 Å². The largest absolute Gasteiger partial charge is 1.00 e. The van der Waals surface area contributed by atoms with Gasteiger partial charge in [0.25, 0.3) is 0 Å². The number of carbonyl (C=O) groups excluding carboxylic acids is 1. The van der Waals surface area contributed by atoms with Crippen LogP contribution in [0.3, 0.4) is 0 Å². The number of hydrogen-bond acceptors (Lipinski definition) is 14. The van der Waals surface area contributed by atoms with E-state index in [-0.39, 0.29) is 84.3 Å². The Morgan fingerprint density at radius 3 is 0.452 bits per heavy atom. The summed E-state index contributed by atoms with van der Waals surface area (Å²) in [6.07, 6.45) is 0. The molecule has 31 heavy (non-hydrogen) atoms. The van der Waals surface area contributed by atoms with Crippen molar-refractivity contribution in [1.82, 2.24) is 0 Å². The van der Waals surface area contributed by atoms with E-state index in [1.807, 2.05) is 0 Å². The number of hydrogen-bond donors (Lipinski definition) is 12. The molecule has 0 heterocycles. The van der Waals surface area contributed by atoms with Crippen LogP contribution in [0.2, 0.25) is 0 Å². The Kier molecular flexibility index (Phi) is 453. The van der Waals surface area contributed by atoms with Crippen LogP contribution < -0.4 is 34.7 Å². The minimum atomic E-state index is -2.17. The third-order valence-electron chi connectivity index (χ3n) is 0. The Hall–Kier alpha value is -0.150. The molecule has 0 aromatic carbocycles. The molecule has 0 spiro atoms. The van der Waals surface area contributed by atoms with Crippen LogP contribution in [0, 0.1) is 0 Å². The summed E-state index contributed by atoms with van der Waals surface area (Å²) in [7, 11) is -8.67. The van der Waals surface area contributed by atoms with Gasteiger partial charge in [0.2, 0.25) is 0 Å². The van der Waals surface area contributed by atoms with E-state index in [1.165, 1.54) is 0 Å². The van der Waals surface area contributed by atoms with Crippen molar-refractivity contribution in [2.24, 2.45) is 0 Å². The molecule has 0 saturated carbocycles. The summed E-state index contributed by atoms with van der Waals surface area (Å²) in [5.41, 5.74) is 0. The zero-order chi connectivity index (χ0) is 17.9. The normalized spacial score (nSPS) is 4.29. The third kappa shape index (κ3) is 1030000. The summed E-state index contributed by atoms with van der Waals surface area (Å²) in [4.78, 5) is 8.89. The summed E-state index contributed by atoms with van der Waals surface area (Å²) in [5, 5.41) is 94.9. The molecule has 0 radical (unpaired) electrons. The molecule has 200 valence electrons. The molecule has 0 aliphatic carbocycles. The minimum Gasteiger partial charge on any atom is -0.550 e. The van der Waals surface area contributed by atoms with Gasteiger partial charge >= 0.3 is 58.8 Å². The number of carboxylic acid groups (broad SMARTS) is 1. The van der Waals surface area contributed by atoms with Crippen LogP contribution in [0.1, 0.15) is 6.92 Å². The predicted octanol–water partition coefficient (Wildman–Crippen LogP) is -20.7. The molecule has 29 heteroatoms. The van der Waals surface area contributed by atoms with Gasteiger partial charge in [-0.25, -0.2) is 0 Å². The second kappa shape index (κ2) is 113. The van der Waals surface area contributed by atoms with Gasteiger partial charge in [-0.15, -0.1) is 0 Å². The molecule has 0 aromatic heterocycles. The van der Waals surface area contributed by atoms with Gasteiger partial charge in [0.15, 0.2) is 0 Å². The van der Waals surface area contributed by atoms with Gasteiger partial charge in [-0.05, 0) is 6.92 Å². The first kappa shape index (κ1) is 125. The standard InChI is InChI=1S/C2H4O2.4BH3O3.Na.10H2O/c1-2(3)4;4*2-1(3)4;;;;;;;;;;;/h1H3,(H,3,4);4*2-4H;;10*1H2/q;;;;;+1;;;;;;;;;;/p-1. The fourth-order valence-electron chi connectivity index (χ4n) is 0. The monoisotopic (exact) mass is 510 g/mol. The van der Waals surface area contributed by atoms with Crippen molar-refractivity contribution >= 4 is 35.3 Å². The number of carboxylic acids is 1. The summed E-state index contributed by atoms with van der Waals surface area (Å²) >= 11 is 0. The summed E-state index contributed by atoms with van der Waals surface area (Å²) in [5.74, 6) is -1.08. The van der Waals surface area contributed by atoms with E-state index in [9.17, 15) is 0 Å². The summed E-state index contributed by atoms with van der Waals surface area (Å²) < 4.78 is 0. The molecule has 0 aromatic rings. The van der Waals surface area contributed by atoms with Gasteiger partial charge < -0.3 is 125 Å². The SMILES string of the molecule is CC(=O)[O-].O.O.O.O.O.O.O.O.O.O.OB(O)O.OB(O)O.OB(O)O.OB(O)O.[Na+]. The average molecular weight is 510 g/mol. The third-order valence-corrected chi connectivity index (χ3v) is 0. The maximum atomic E-state index is 8.89. The Bertz CT molecular complexity index is 133. The molecule has 24 nitrogen and oxygen atoms in total. The van der Waals surface area contributed by atoms with Crippen molar-refractivity contribution in [3.05, 3.63) is 0 Å². The average Bonchev–Trinajstić information content (AvgIpc) is 1.94. The fraction of sp³-hybridized carbons (Fsp3) is 0.500. The second-order valence-corrected chi connectivity index (χ2v) is 1.88. The smallest absolute Gasteiger partial charge is 0.550 e. The van der Waals surface area contributed by atoms with Crippen LogP contribution in [0.25, 0.3) is 0 Å². The molecule has 0 amide bonds. The van der Waals surface area contributed by atoms with Crippen molar-refractivity contribution in [2.45, 2.75) is 6.92 Å². The topological polar surface area (TPSA) is 598 Å². The quantitative estimate of drug-likeness (QED) is 0.135. The van der Waals surface area contributed by atoms with E-state index in [4.69, 9.17) is 70.2 Å². The summed E-state index contributed by atoms with van der Waals surface area (Å²) in [6.45, 7) is 0.972. The zero-order valence-corrected chi connectivity index (χ0v) is 18.0. The molecule has 0 bridgehead atoms. The van der Waals surface area contributed by atoms with Crippen LogP contribution in [0.15, 0.2) is 0 Å². The van der Waals surface area contributed by atoms with Gasteiger partial charge in [-0.2, -0.15) is 0 Å². The fourth-order valence-corrected chi connectivity index (χ4v) is 0. The van der Waals surface area contributed by atoms with Crippen molar-refractivity contribution in [1.29, 1.82) is 0 Å². The molecular formula is C2H35B4NaO24. The molecule has 0 fully saturated rings. The summed E-state index contributed by atoms with van der Waals surface area (Å²) in [6, 6.07) is 0. The number of rotatable bonds is 0. The van der Waals surface area contributed by atoms with Crippen LogP contribution in [-0.4, -0.2) is 150 Å². The first-order valence-corrected chi connectivity index (χ1v) is 4.01. The zero-order valence-electron chi connectivity index (χ0n) is 16.0. The maximum Gasteiger partial charge on any atom is 1.00 e. The molecule has 32 N–H and O–H groups in total. The van der Waals surface area contributed by atoms with Crippen LogP contribution in [0.5, 0.6) is 0 Å². The maximum absolute atomic E-state index is 8.89.